The quantitative estimate of drug-likeness (QED) is 0.583. The first-order chi connectivity index (χ1) is 11.3. The molecule has 0 aliphatic carbocycles. The summed E-state index contributed by atoms with van der Waals surface area (Å²) >= 11 is 1.36. The van der Waals surface area contributed by atoms with Gasteiger partial charge in [-0.1, -0.05) is 42.1 Å². The molecule has 0 unspecified atom stereocenters. The number of hydrogen-bond donors (Lipinski definition) is 1. The first kappa shape index (κ1) is 12.7. The highest BCUT2D eigenvalue weighted by atomic mass is 32.2. The van der Waals surface area contributed by atoms with Crippen LogP contribution in [-0.4, -0.2) is 26.5 Å². The summed E-state index contributed by atoms with van der Waals surface area (Å²) in [5.74, 6) is 1.35. The van der Waals surface area contributed by atoms with Crippen LogP contribution in [0.5, 0.6) is 0 Å². The summed E-state index contributed by atoms with van der Waals surface area (Å²) < 4.78 is 7.52. The predicted octanol–water partition coefficient (Wildman–Crippen LogP) is 3.02. The third-order valence-electron chi connectivity index (χ3n) is 3.85. The van der Waals surface area contributed by atoms with Gasteiger partial charge in [0.25, 0.3) is 0 Å². The molecule has 3 heterocycles. The summed E-state index contributed by atoms with van der Waals surface area (Å²) in [5, 5.41) is 12.2. The van der Waals surface area contributed by atoms with E-state index >= 15 is 0 Å². The average molecular weight is 322 g/mol. The summed E-state index contributed by atoms with van der Waals surface area (Å²) in [5.41, 5.74) is 3.54. The highest BCUT2D eigenvalue weighted by Gasteiger charge is 2.24. The van der Waals surface area contributed by atoms with Crippen molar-refractivity contribution in [3.63, 3.8) is 0 Å². The third-order valence-corrected chi connectivity index (χ3v) is 4.78. The number of thioether (sulfide) groups is 1. The van der Waals surface area contributed by atoms with E-state index in [-0.39, 0.29) is 5.91 Å². The van der Waals surface area contributed by atoms with Gasteiger partial charge < -0.3 is 4.42 Å². The zero-order chi connectivity index (χ0) is 15.4. The van der Waals surface area contributed by atoms with Crippen LogP contribution < -0.4 is 5.43 Å². The van der Waals surface area contributed by atoms with Crippen molar-refractivity contribution in [1.29, 1.82) is 0 Å². The molecule has 2 aromatic carbocycles. The van der Waals surface area contributed by atoms with Crippen molar-refractivity contribution in [3.05, 3.63) is 42.5 Å². The lowest BCUT2D eigenvalue weighted by Crippen LogP contribution is -2.29. The summed E-state index contributed by atoms with van der Waals surface area (Å²) in [6, 6.07) is 14.1. The van der Waals surface area contributed by atoms with Gasteiger partial charge in [0.05, 0.1) is 5.75 Å². The normalized spacial score (nSPS) is 14.2. The largest absolute Gasteiger partial charge is 0.453 e. The molecule has 1 amide bonds. The molecule has 0 saturated heterocycles. The van der Waals surface area contributed by atoms with Crippen LogP contribution in [0.2, 0.25) is 0 Å². The Labute approximate surface area is 134 Å². The van der Waals surface area contributed by atoms with Gasteiger partial charge in [0.15, 0.2) is 5.76 Å². The molecular formula is C16H10N4O2S. The minimum absolute atomic E-state index is 0.0786. The van der Waals surface area contributed by atoms with Crippen molar-refractivity contribution in [2.24, 2.45) is 0 Å². The van der Waals surface area contributed by atoms with Gasteiger partial charge >= 0.3 is 0 Å². The zero-order valence-electron chi connectivity index (χ0n) is 11.8. The highest BCUT2D eigenvalue weighted by Crippen LogP contribution is 2.33. The van der Waals surface area contributed by atoms with Crippen LogP contribution in [0.15, 0.2) is 52.0 Å². The van der Waals surface area contributed by atoms with Crippen molar-refractivity contribution >= 4 is 39.4 Å². The number of hydrogen-bond acceptors (Lipinski definition) is 5. The zero-order valence-corrected chi connectivity index (χ0v) is 12.6. The lowest BCUT2D eigenvalue weighted by molar-refractivity contribution is -0.114. The number of benzene rings is 2. The molecule has 0 radical (unpaired) electrons. The Morgan fingerprint density at radius 1 is 1.13 bits per heavy atom. The lowest BCUT2D eigenvalue weighted by Gasteiger charge is -2.14. The molecule has 0 saturated carbocycles. The van der Waals surface area contributed by atoms with E-state index in [0.29, 0.717) is 22.5 Å². The third kappa shape index (κ3) is 1.86. The Balaban J connectivity index is 1.74. The van der Waals surface area contributed by atoms with Crippen LogP contribution >= 0.6 is 11.8 Å². The van der Waals surface area contributed by atoms with E-state index in [1.54, 1.807) is 4.68 Å². The molecule has 4 aromatic rings. The number of fused-ring (bicyclic) bond motifs is 4. The van der Waals surface area contributed by atoms with Crippen LogP contribution in [0, 0.1) is 0 Å². The molecular weight excluding hydrogens is 312 g/mol. The second-order valence-corrected chi connectivity index (χ2v) is 6.22. The minimum Gasteiger partial charge on any atom is -0.453 e. The monoisotopic (exact) mass is 322 g/mol. The number of nitrogens with zero attached hydrogens (tertiary/aromatic N) is 3. The molecule has 0 spiro atoms. The van der Waals surface area contributed by atoms with Gasteiger partial charge in [-0.25, -0.2) is 4.68 Å². The van der Waals surface area contributed by atoms with E-state index in [4.69, 9.17) is 4.42 Å². The molecule has 1 N–H and O–H groups in total. The van der Waals surface area contributed by atoms with Crippen LogP contribution in [0.3, 0.4) is 0 Å². The van der Waals surface area contributed by atoms with Gasteiger partial charge in [-0.3, -0.25) is 10.2 Å². The molecule has 23 heavy (non-hydrogen) atoms. The fourth-order valence-electron chi connectivity index (χ4n) is 2.81. The van der Waals surface area contributed by atoms with E-state index in [1.165, 1.54) is 11.8 Å². The molecule has 0 fully saturated rings. The van der Waals surface area contributed by atoms with Crippen molar-refractivity contribution in [2.75, 3.05) is 11.2 Å². The van der Waals surface area contributed by atoms with Gasteiger partial charge in [-0.05, 0) is 22.9 Å². The lowest BCUT2D eigenvalue weighted by atomic mass is 10.1. The van der Waals surface area contributed by atoms with Crippen molar-refractivity contribution < 1.29 is 9.21 Å². The summed E-state index contributed by atoms with van der Waals surface area (Å²) in [6.45, 7) is 0. The molecule has 5 rings (SSSR count). The second-order valence-electron chi connectivity index (χ2n) is 5.27. The van der Waals surface area contributed by atoms with E-state index in [9.17, 15) is 4.79 Å². The number of amides is 1. The molecule has 112 valence electrons. The maximum Gasteiger partial charge on any atom is 0.249 e. The first-order valence-electron chi connectivity index (χ1n) is 7.09. The van der Waals surface area contributed by atoms with Gasteiger partial charge in [-0.15, -0.1) is 10.2 Å². The molecule has 7 heteroatoms. The maximum absolute atomic E-state index is 11.6. The summed E-state index contributed by atoms with van der Waals surface area (Å²) in [6.07, 6.45) is 0. The Morgan fingerprint density at radius 3 is 3.00 bits per heavy atom. The van der Waals surface area contributed by atoms with Crippen LogP contribution in [-0.2, 0) is 4.79 Å². The van der Waals surface area contributed by atoms with Crippen molar-refractivity contribution in [3.8, 4) is 11.6 Å². The van der Waals surface area contributed by atoms with E-state index in [1.807, 2.05) is 30.3 Å². The fraction of sp³-hybridized carbons (Fsp3) is 0.0625. The maximum atomic E-state index is 11.6. The first-order valence-corrected chi connectivity index (χ1v) is 8.08. The molecule has 0 bridgehead atoms. The number of furan rings is 1. The standard InChI is InChI=1S/C16H10N4O2S/c21-14-8-23-16-18-17-15(20(16)19-14)13-7-11-10-4-2-1-3-9(10)5-6-12(11)22-13/h1-7H,8H2,(H,19,21). The molecule has 1 aliphatic rings. The van der Waals surface area contributed by atoms with Crippen LogP contribution in [0.1, 0.15) is 0 Å². The molecule has 2 aromatic heterocycles. The smallest absolute Gasteiger partial charge is 0.249 e. The summed E-state index contributed by atoms with van der Waals surface area (Å²) in [4.78, 5) is 11.6. The number of rotatable bonds is 1. The highest BCUT2D eigenvalue weighted by molar-refractivity contribution is 7.99. The van der Waals surface area contributed by atoms with Gasteiger partial charge in [-0.2, -0.15) is 0 Å². The summed E-state index contributed by atoms with van der Waals surface area (Å²) in [7, 11) is 0. The Morgan fingerprint density at radius 2 is 2.04 bits per heavy atom. The Kier molecular flexibility index (Phi) is 2.54. The van der Waals surface area contributed by atoms with Crippen molar-refractivity contribution in [1.82, 2.24) is 14.9 Å². The Bertz CT molecular complexity index is 1080. The van der Waals surface area contributed by atoms with Gasteiger partial charge in [0, 0.05) is 5.39 Å². The number of nitrogens with one attached hydrogen (secondary N) is 1. The SMILES string of the molecule is O=C1CSc2nnc(-c3cc4c(ccc5ccccc54)o3)n2N1. The van der Waals surface area contributed by atoms with Crippen molar-refractivity contribution in [2.45, 2.75) is 5.16 Å². The van der Waals surface area contributed by atoms with E-state index in [0.717, 1.165) is 21.7 Å². The van der Waals surface area contributed by atoms with Crippen LogP contribution in [0.4, 0.5) is 0 Å². The predicted molar refractivity (Wildman–Crippen MR) is 87.8 cm³/mol. The topological polar surface area (TPSA) is 73.0 Å². The van der Waals surface area contributed by atoms with E-state index in [2.05, 4.69) is 27.8 Å². The Hall–Kier alpha value is -2.80. The number of carbonyl (C=O) groups excluding carboxylic acids is 1. The second kappa shape index (κ2) is 4.60. The number of aromatic nitrogens is 3. The number of carbonyl (C=O) groups is 1. The van der Waals surface area contributed by atoms with Crippen LogP contribution in [0.25, 0.3) is 33.3 Å². The average Bonchev–Trinajstić information content (AvgIpc) is 3.17. The molecule has 0 atom stereocenters. The van der Waals surface area contributed by atoms with E-state index < -0.39 is 0 Å². The fourth-order valence-corrected chi connectivity index (χ4v) is 3.50. The minimum atomic E-state index is -0.0786. The molecule has 6 nitrogen and oxygen atoms in total. The van der Waals surface area contributed by atoms with Gasteiger partial charge in [0.2, 0.25) is 16.9 Å². The molecule has 1 aliphatic heterocycles. The van der Waals surface area contributed by atoms with Gasteiger partial charge in [0.1, 0.15) is 5.58 Å².